The van der Waals surface area contributed by atoms with Gasteiger partial charge in [0.05, 0.1) is 16.6 Å². The Bertz CT molecular complexity index is 1020. The first-order valence-electron chi connectivity index (χ1n) is 9.98. The van der Waals surface area contributed by atoms with Gasteiger partial charge < -0.3 is 10.3 Å². The van der Waals surface area contributed by atoms with Crippen molar-refractivity contribution in [3.63, 3.8) is 0 Å². The highest BCUT2D eigenvalue weighted by Gasteiger charge is 2.24. The molecule has 1 atom stereocenters. The van der Waals surface area contributed by atoms with Crippen molar-refractivity contribution >= 4 is 17.2 Å². The van der Waals surface area contributed by atoms with E-state index in [1.807, 2.05) is 17.5 Å². The molecule has 1 amide bonds. The lowest BCUT2D eigenvalue weighted by atomic mass is 10.0. The molecule has 1 aromatic carbocycles. The van der Waals surface area contributed by atoms with Crippen LogP contribution in [0.5, 0.6) is 0 Å². The molecule has 0 aliphatic carbocycles. The van der Waals surface area contributed by atoms with Crippen LogP contribution in [0, 0.1) is 6.92 Å². The quantitative estimate of drug-likeness (QED) is 0.650. The van der Waals surface area contributed by atoms with Crippen LogP contribution in [0.2, 0.25) is 0 Å². The highest BCUT2D eigenvalue weighted by atomic mass is 32.1. The van der Waals surface area contributed by atoms with Crippen LogP contribution in [0.25, 0.3) is 10.6 Å². The van der Waals surface area contributed by atoms with Gasteiger partial charge in [-0.25, -0.2) is 0 Å². The molecule has 0 saturated carbocycles. The highest BCUT2D eigenvalue weighted by Crippen LogP contribution is 2.25. The van der Waals surface area contributed by atoms with Gasteiger partial charge in [0, 0.05) is 6.54 Å². The summed E-state index contributed by atoms with van der Waals surface area (Å²) in [7, 11) is 0. The molecular weight excluding hydrogens is 382 g/mol. The smallest absolute Gasteiger partial charge is 0.261 e. The monoisotopic (exact) mass is 407 g/mol. The minimum atomic E-state index is -0.360. The number of hydrogen-bond acceptors (Lipinski definition) is 4. The fourth-order valence-corrected chi connectivity index (χ4v) is 4.52. The van der Waals surface area contributed by atoms with E-state index in [4.69, 9.17) is 0 Å². The van der Waals surface area contributed by atoms with Gasteiger partial charge in [-0.15, -0.1) is 11.3 Å². The summed E-state index contributed by atoms with van der Waals surface area (Å²) in [5.74, 6) is -0.333. The second-order valence-electron chi connectivity index (χ2n) is 7.47. The van der Waals surface area contributed by atoms with Gasteiger partial charge in [0.2, 0.25) is 0 Å². The summed E-state index contributed by atoms with van der Waals surface area (Å²) in [6.45, 7) is 4.62. The number of pyridine rings is 1. The van der Waals surface area contributed by atoms with Gasteiger partial charge in [0.1, 0.15) is 5.56 Å². The number of benzene rings is 1. The fraction of sp³-hybridized carbons (Fsp3) is 0.304. The van der Waals surface area contributed by atoms with E-state index in [0.717, 1.165) is 23.7 Å². The molecule has 6 heteroatoms. The molecule has 29 heavy (non-hydrogen) atoms. The average Bonchev–Trinajstić information content (AvgIpc) is 3.44. The molecule has 1 saturated heterocycles. The van der Waals surface area contributed by atoms with Crippen LogP contribution in [0.3, 0.4) is 0 Å². The SMILES string of the molecule is Cc1ccc(C(CNC(=O)c2ccc(-c3cccs3)[nH]c2=O)N2CCCC2)cc1. The lowest BCUT2D eigenvalue weighted by molar-refractivity contribution is 0.0936. The van der Waals surface area contributed by atoms with E-state index >= 15 is 0 Å². The van der Waals surface area contributed by atoms with Crippen LogP contribution in [0.1, 0.15) is 40.4 Å². The third-order valence-electron chi connectivity index (χ3n) is 5.44. The molecule has 3 aromatic rings. The average molecular weight is 408 g/mol. The molecule has 2 aromatic heterocycles. The normalized spacial score (nSPS) is 15.3. The summed E-state index contributed by atoms with van der Waals surface area (Å²) >= 11 is 1.55. The van der Waals surface area contributed by atoms with E-state index in [1.165, 1.54) is 24.0 Å². The molecule has 1 fully saturated rings. The minimum Gasteiger partial charge on any atom is -0.350 e. The number of amides is 1. The van der Waals surface area contributed by atoms with Crippen LogP contribution in [-0.4, -0.2) is 35.4 Å². The van der Waals surface area contributed by atoms with Gasteiger partial charge in [-0.3, -0.25) is 14.5 Å². The Morgan fingerprint density at radius 3 is 2.55 bits per heavy atom. The van der Waals surface area contributed by atoms with Crippen molar-refractivity contribution in [2.24, 2.45) is 0 Å². The summed E-state index contributed by atoms with van der Waals surface area (Å²) in [6.07, 6.45) is 2.36. The molecule has 5 nitrogen and oxygen atoms in total. The number of hydrogen-bond donors (Lipinski definition) is 2. The number of aromatic amines is 1. The second kappa shape index (κ2) is 8.76. The maximum Gasteiger partial charge on any atom is 0.261 e. The Morgan fingerprint density at radius 1 is 1.14 bits per heavy atom. The van der Waals surface area contributed by atoms with Crippen LogP contribution in [-0.2, 0) is 0 Å². The number of aromatic nitrogens is 1. The highest BCUT2D eigenvalue weighted by molar-refractivity contribution is 7.13. The maximum absolute atomic E-state index is 12.7. The summed E-state index contributed by atoms with van der Waals surface area (Å²) in [6, 6.07) is 15.9. The van der Waals surface area contributed by atoms with Crippen LogP contribution in [0.4, 0.5) is 0 Å². The van der Waals surface area contributed by atoms with Gasteiger partial charge in [0.15, 0.2) is 0 Å². The molecule has 0 radical (unpaired) electrons. The first kappa shape index (κ1) is 19.6. The molecule has 0 bridgehead atoms. The van der Waals surface area contributed by atoms with Crippen molar-refractivity contribution in [3.05, 3.63) is 81.0 Å². The van der Waals surface area contributed by atoms with Gasteiger partial charge in [-0.05, 0) is 62.0 Å². The number of rotatable bonds is 6. The van der Waals surface area contributed by atoms with Gasteiger partial charge in [-0.1, -0.05) is 35.9 Å². The van der Waals surface area contributed by atoms with E-state index in [0.29, 0.717) is 6.54 Å². The summed E-state index contributed by atoms with van der Waals surface area (Å²) in [4.78, 5) is 31.4. The number of nitrogens with one attached hydrogen (secondary N) is 2. The standard InChI is InChI=1S/C23H25N3O2S/c1-16-6-8-17(9-7-16)20(26-12-2-3-13-26)15-24-22(27)18-10-11-19(25-23(18)28)21-5-4-14-29-21/h4-11,14,20H,2-3,12-13,15H2,1H3,(H,24,27)(H,25,28). The zero-order valence-electron chi connectivity index (χ0n) is 16.5. The molecule has 2 N–H and O–H groups in total. The van der Waals surface area contributed by atoms with E-state index in [9.17, 15) is 9.59 Å². The Hall–Kier alpha value is -2.70. The van der Waals surface area contributed by atoms with E-state index < -0.39 is 0 Å². The predicted molar refractivity (Wildman–Crippen MR) is 117 cm³/mol. The van der Waals surface area contributed by atoms with Crippen molar-refractivity contribution in [2.45, 2.75) is 25.8 Å². The van der Waals surface area contributed by atoms with Crippen molar-refractivity contribution in [1.29, 1.82) is 0 Å². The molecule has 1 aliphatic heterocycles. The topological polar surface area (TPSA) is 65.2 Å². The van der Waals surface area contributed by atoms with E-state index in [1.54, 1.807) is 23.5 Å². The Kier molecular flexibility index (Phi) is 5.92. The van der Waals surface area contributed by atoms with Crippen LogP contribution in [0.15, 0.2) is 58.7 Å². The Balaban J connectivity index is 1.49. The van der Waals surface area contributed by atoms with Gasteiger partial charge in [0.25, 0.3) is 11.5 Å². The van der Waals surface area contributed by atoms with Crippen LogP contribution >= 0.6 is 11.3 Å². The predicted octanol–water partition coefficient (Wildman–Crippen LogP) is 3.98. The van der Waals surface area contributed by atoms with E-state index in [-0.39, 0.29) is 23.1 Å². The minimum absolute atomic E-state index is 0.117. The largest absolute Gasteiger partial charge is 0.350 e. The second-order valence-corrected chi connectivity index (χ2v) is 8.42. The first-order chi connectivity index (χ1) is 14.1. The zero-order valence-corrected chi connectivity index (χ0v) is 17.3. The van der Waals surface area contributed by atoms with Crippen molar-refractivity contribution < 1.29 is 4.79 Å². The van der Waals surface area contributed by atoms with Crippen molar-refractivity contribution in [3.8, 4) is 10.6 Å². The van der Waals surface area contributed by atoms with Crippen molar-refractivity contribution in [2.75, 3.05) is 19.6 Å². The Labute approximate surface area is 174 Å². The molecule has 1 aliphatic rings. The number of carbonyl (C=O) groups excluding carboxylic acids is 1. The number of carbonyl (C=O) groups is 1. The number of aryl methyl sites for hydroxylation is 1. The fourth-order valence-electron chi connectivity index (χ4n) is 3.81. The third-order valence-corrected chi connectivity index (χ3v) is 6.34. The molecular formula is C23H25N3O2S. The molecule has 3 heterocycles. The third kappa shape index (κ3) is 4.49. The lowest BCUT2D eigenvalue weighted by Gasteiger charge is -2.28. The number of likely N-dealkylation sites (tertiary alicyclic amines) is 1. The van der Waals surface area contributed by atoms with E-state index in [2.05, 4.69) is 46.4 Å². The lowest BCUT2D eigenvalue weighted by Crippen LogP contribution is -2.38. The number of H-pyrrole nitrogens is 1. The zero-order chi connectivity index (χ0) is 20.2. The van der Waals surface area contributed by atoms with Gasteiger partial charge >= 0.3 is 0 Å². The summed E-state index contributed by atoms with van der Waals surface area (Å²) in [5.41, 5.74) is 2.93. The maximum atomic E-state index is 12.7. The summed E-state index contributed by atoms with van der Waals surface area (Å²) in [5, 5.41) is 4.94. The molecule has 4 rings (SSSR count). The van der Waals surface area contributed by atoms with Crippen LogP contribution < -0.4 is 10.9 Å². The number of thiophene rings is 1. The Morgan fingerprint density at radius 2 is 1.90 bits per heavy atom. The number of nitrogens with zero attached hydrogens (tertiary/aromatic N) is 1. The first-order valence-corrected chi connectivity index (χ1v) is 10.9. The summed E-state index contributed by atoms with van der Waals surface area (Å²) < 4.78 is 0. The molecule has 150 valence electrons. The van der Waals surface area contributed by atoms with Gasteiger partial charge in [-0.2, -0.15) is 0 Å². The molecule has 0 spiro atoms. The van der Waals surface area contributed by atoms with Crippen molar-refractivity contribution in [1.82, 2.24) is 15.2 Å². The molecule has 1 unspecified atom stereocenters.